The van der Waals surface area contributed by atoms with Crippen LogP contribution in [0.5, 0.6) is 0 Å². The number of halogens is 1. The number of hydrogen-bond donors (Lipinski definition) is 2. The van der Waals surface area contributed by atoms with E-state index in [0.29, 0.717) is 5.56 Å². The Balaban J connectivity index is 2.95. The van der Waals surface area contributed by atoms with Crippen molar-refractivity contribution in [2.75, 3.05) is 0 Å². The molecule has 0 aliphatic rings. The van der Waals surface area contributed by atoms with Gasteiger partial charge in [-0.05, 0) is 25.0 Å². The largest absolute Gasteiger partial charge is 0.326 e. The lowest BCUT2D eigenvalue weighted by molar-refractivity contribution is 0.501. The third-order valence-electron chi connectivity index (χ3n) is 2.45. The van der Waals surface area contributed by atoms with Gasteiger partial charge in [-0.2, -0.15) is 0 Å². The van der Waals surface area contributed by atoms with Crippen molar-refractivity contribution in [3.8, 4) is 0 Å². The van der Waals surface area contributed by atoms with Crippen LogP contribution in [0.25, 0.3) is 0 Å². The van der Waals surface area contributed by atoms with E-state index in [9.17, 15) is 4.39 Å². The van der Waals surface area contributed by atoms with E-state index in [2.05, 4.69) is 0 Å². The zero-order valence-electron chi connectivity index (χ0n) is 8.63. The average molecular weight is 196 g/mol. The third kappa shape index (κ3) is 2.30. The highest BCUT2D eigenvalue weighted by atomic mass is 19.1. The first kappa shape index (κ1) is 11.1. The standard InChI is InChI=1S/C11H17FN2/c1-3-10(13)11(14)8-5-4-7(2)6-9(8)12/h4-6,10-11H,3,13-14H2,1-2H3. The van der Waals surface area contributed by atoms with Gasteiger partial charge in [-0.15, -0.1) is 0 Å². The van der Waals surface area contributed by atoms with E-state index in [0.717, 1.165) is 12.0 Å². The van der Waals surface area contributed by atoms with Crippen molar-refractivity contribution >= 4 is 0 Å². The summed E-state index contributed by atoms with van der Waals surface area (Å²) in [6, 6.07) is 4.44. The van der Waals surface area contributed by atoms with E-state index >= 15 is 0 Å². The summed E-state index contributed by atoms with van der Waals surface area (Å²) >= 11 is 0. The molecule has 2 unspecified atom stereocenters. The Bertz CT molecular complexity index is 312. The predicted molar refractivity (Wildman–Crippen MR) is 56.3 cm³/mol. The highest BCUT2D eigenvalue weighted by molar-refractivity contribution is 5.26. The normalized spacial score (nSPS) is 15.2. The Morgan fingerprint density at radius 2 is 2.00 bits per heavy atom. The minimum Gasteiger partial charge on any atom is -0.326 e. The smallest absolute Gasteiger partial charge is 0.128 e. The summed E-state index contributed by atoms with van der Waals surface area (Å²) < 4.78 is 13.5. The Hall–Kier alpha value is -0.930. The second-order valence-electron chi connectivity index (χ2n) is 3.62. The van der Waals surface area contributed by atoms with Crippen molar-refractivity contribution in [2.24, 2.45) is 11.5 Å². The molecule has 2 nitrogen and oxygen atoms in total. The van der Waals surface area contributed by atoms with Gasteiger partial charge in [0.05, 0.1) is 0 Å². The van der Waals surface area contributed by atoms with Gasteiger partial charge in [0.15, 0.2) is 0 Å². The number of rotatable bonds is 3. The molecule has 0 aromatic heterocycles. The Morgan fingerprint density at radius 1 is 1.36 bits per heavy atom. The number of hydrogen-bond acceptors (Lipinski definition) is 2. The van der Waals surface area contributed by atoms with Crippen molar-refractivity contribution in [2.45, 2.75) is 32.4 Å². The maximum atomic E-state index is 13.5. The average Bonchev–Trinajstić information content (AvgIpc) is 2.15. The molecule has 0 heterocycles. The van der Waals surface area contributed by atoms with Gasteiger partial charge in [-0.25, -0.2) is 4.39 Å². The lowest BCUT2D eigenvalue weighted by Gasteiger charge is -2.19. The van der Waals surface area contributed by atoms with E-state index in [1.807, 2.05) is 19.9 Å². The quantitative estimate of drug-likeness (QED) is 0.775. The molecule has 1 aromatic carbocycles. The third-order valence-corrected chi connectivity index (χ3v) is 2.45. The molecule has 3 heteroatoms. The SMILES string of the molecule is CCC(N)C(N)c1ccc(C)cc1F. The van der Waals surface area contributed by atoms with E-state index in [1.165, 1.54) is 6.07 Å². The van der Waals surface area contributed by atoms with Crippen LogP contribution in [0.2, 0.25) is 0 Å². The molecule has 0 aliphatic carbocycles. The molecule has 0 bridgehead atoms. The summed E-state index contributed by atoms with van der Waals surface area (Å²) in [7, 11) is 0. The van der Waals surface area contributed by atoms with Crippen molar-refractivity contribution in [3.05, 3.63) is 35.1 Å². The van der Waals surface area contributed by atoms with Crippen LogP contribution in [0, 0.1) is 12.7 Å². The molecular weight excluding hydrogens is 179 g/mol. The van der Waals surface area contributed by atoms with Crippen LogP contribution < -0.4 is 11.5 Å². The van der Waals surface area contributed by atoms with Gasteiger partial charge in [0, 0.05) is 17.6 Å². The van der Waals surface area contributed by atoms with E-state index < -0.39 is 6.04 Å². The second-order valence-corrected chi connectivity index (χ2v) is 3.62. The molecule has 0 radical (unpaired) electrons. The van der Waals surface area contributed by atoms with Crippen LogP contribution in [0.4, 0.5) is 4.39 Å². The fourth-order valence-corrected chi connectivity index (χ4v) is 1.39. The molecular formula is C11H17FN2. The molecule has 0 amide bonds. The fraction of sp³-hybridized carbons (Fsp3) is 0.455. The Morgan fingerprint density at radius 3 is 2.50 bits per heavy atom. The van der Waals surface area contributed by atoms with E-state index in [4.69, 9.17) is 11.5 Å². The van der Waals surface area contributed by atoms with Gasteiger partial charge < -0.3 is 11.5 Å². The van der Waals surface area contributed by atoms with E-state index in [-0.39, 0.29) is 11.9 Å². The Labute approximate surface area is 84.1 Å². The van der Waals surface area contributed by atoms with Crippen LogP contribution >= 0.6 is 0 Å². The van der Waals surface area contributed by atoms with Crippen LogP contribution in [0.3, 0.4) is 0 Å². The van der Waals surface area contributed by atoms with Crippen LogP contribution in [-0.2, 0) is 0 Å². The van der Waals surface area contributed by atoms with E-state index in [1.54, 1.807) is 6.07 Å². The molecule has 78 valence electrons. The van der Waals surface area contributed by atoms with Crippen LogP contribution in [0.15, 0.2) is 18.2 Å². The first-order valence-electron chi connectivity index (χ1n) is 4.83. The summed E-state index contributed by atoms with van der Waals surface area (Å²) in [6.07, 6.45) is 0.745. The topological polar surface area (TPSA) is 52.0 Å². The maximum absolute atomic E-state index is 13.5. The van der Waals surface area contributed by atoms with Gasteiger partial charge in [0.25, 0.3) is 0 Å². The summed E-state index contributed by atoms with van der Waals surface area (Å²) in [4.78, 5) is 0. The number of benzene rings is 1. The zero-order chi connectivity index (χ0) is 10.7. The molecule has 0 saturated carbocycles. The monoisotopic (exact) mass is 196 g/mol. The summed E-state index contributed by atoms with van der Waals surface area (Å²) in [6.45, 7) is 3.79. The summed E-state index contributed by atoms with van der Waals surface area (Å²) in [5.74, 6) is -0.263. The molecule has 0 aliphatic heterocycles. The van der Waals surface area contributed by atoms with Crippen LogP contribution in [-0.4, -0.2) is 6.04 Å². The molecule has 0 fully saturated rings. The van der Waals surface area contributed by atoms with Gasteiger partial charge in [0.2, 0.25) is 0 Å². The zero-order valence-corrected chi connectivity index (χ0v) is 8.63. The molecule has 1 rings (SSSR count). The second kappa shape index (κ2) is 4.53. The maximum Gasteiger partial charge on any atom is 0.128 e. The first-order chi connectivity index (χ1) is 6.56. The van der Waals surface area contributed by atoms with Crippen molar-refractivity contribution in [1.29, 1.82) is 0 Å². The highest BCUT2D eigenvalue weighted by Gasteiger charge is 2.16. The lowest BCUT2D eigenvalue weighted by Crippen LogP contribution is -2.33. The fourth-order valence-electron chi connectivity index (χ4n) is 1.39. The summed E-state index contributed by atoms with van der Waals surface area (Å²) in [5.41, 5.74) is 13.0. The summed E-state index contributed by atoms with van der Waals surface area (Å²) in [5, 5.41) is 0. The van der Waals surface area contributed by atoms with Crippen molar-refractivity contribution in [3.63, 3.8) is 0 Å². The molecule has 0 saturated heterocycles. The lowest BCUT2D eigenvalue weighted by atomic mass is 9.97. The van der Waals surface area contributed by atoms with Gasteiger partial charge in [-0.3, -0.25) is 0 Å². The highest BCUT2D eigenvalue weighted by Crippen LogP contribution is 2.19. The molecule has 0 spiro atoms. The molecule has 1 aromatic rings. The van der Waals surface area contributed by atoms with Gasteiger partial charge >= 0.3 is 0 Å². The minimum atomic E-state index is -0.416. The first-order valence-corrected chi connectivity index (χ1v) is 4.83. The van der Waals surface area contributed by atoms with Gasteiger partial charge in [0.1, 0.15) is 5.82 Å². The predicted octanol–water partition coefficient (Wildman–Crippen LogP) is 1.87. The molecule has 2 atom stereocenters. The minimum absolute atomic E-state index is 0.188. The van der Waals surface area contributed by atoms with Crippen LogP contribution in [0.1, 0.15) is 30.5 Å². The van der Waals surface area contributed by atoms with Crippen molar-refractivity contribution in [1.82, 2.24) is 0 Å². The Kier molecular flexibility index (Phi) is 3.61. The number of aryl methyl sites for hydroxylation is 1. The van der Waals surface area contributed by atoms with Gasteiger partial charge in [-0.1, -0.05) is 19.1 Å². The van der Waals surface area contributed by atoms with Crippen molar-refractivity contribution < 1.29 is 4.39 Å². The molecule has 14 heavy (non-hydrogen) atoms. The molecule has 4 N–H and O–H groups in total. The number of nitrogens with two attached hydrogens (primary N) is 2.